The molecule has 32 heavy (non-hydrogen) atoms. The zero-order valence-electron chi connectivity index (χ0n) is 18.5. The van der Waals surface area contributed by atoms with Crippen molar-refractivity contribution >= 4 is 12.0 Å². The number of urea groups is 1. The fraction of sp³-hybridized carbons (Fsp3) is 0.810. The van der Waals surface area contributed by atoms with Crippen LogP contribution in [-0.4, -0.2) is 49.9 Å². The summed E-state index contributed by atoms with van der Waals surface area (Å²) in [5.74, 6) is -1.58. The molecule has 0 atom stereocenters. The molecule has 182 valence electrons. The number of rotatable bonds is 14. The number of nitrogens with zero attached hydrogens (tertiary/aromatic N) is 4. The van der Waals surface area contributed by atoms with Crippen LogP contribution in [0.5, 0.6) is 0 Å². The highest BCUT2D eigenvalue weighted by atomic mass is 19.4. The molecule has 0 fully saturated rings. The van der Waals surface area contributed by atoms with Gasteiger partial charge in [0.1, 0.15) is 0 Å². The number of aliphatic carboxylic acids is 1. The molecule has 1 aliphatic rings. The minimum atomic E-state index is -4.54. The molecule has 2 amide bonds. The average molecular weight is 462 g/mol. The lowest BCUT2D eigenvalue weighted by Gasteiger charge is -2.28. The van der Waals surface area contributed by atoms with Gasteiger partial charge in [-0.15, -0.1) is 10.2 Å². The summed E-state index contributed by atoms with van der Waals surface area (Å²) in [7, 11) is 0. The lowest BCUT2D eigenvalue weighted by molar-refractivity contribution is -0.148. The van der Waals surface area contributed by atoms with Crippen LogP contribution in [0.2, 0.25) is 0 Å². The van der Waals surface area contributed by atoms with Crippen LogP contribution in [0, 0.1) is 0 Å². The van der Waals surface area contributed by atoms with Crippen LogP contribution in [0.1, 0.15) is 88.7 Å². The second-order valence-corrected chi connectivity index (χ2v) is 8.28. The molecule has 2 N–H and O–H groups in total. The maximum atomic E-state index is 12.9. The minimum absolute atomic E-state index is 0.0223. The molecule has 2 heterocycles. The van der Waals surface area contributed by atoms with Gasteiger partial charge >= 0.3 is 18.2 Å². The number of aromatic nitrogens is 3. The standard InChI is InChI=1S/C21H34F3N5O3/c22-21(23,24)19-27-26-17-16-28(14-15-29(17)19)20(32)25-13-11-9-7-5-3-1-2-4-6-8-10-12-18(30)31/h1-16H2,(H,25,32)(H,30,31). The van der Waals surface area contributed by atoms with Crippen molar-refractivity contribution < 1.29 is 27.9 Å². The number of nitrogens with one attached hydrogen (secondary N) is 1. The van der Waals surface area contributed by atoms with Crippen LogP contribution < -0.4 is 5.32 Å². The molecular weight excluding hydrogens is 427 g/mol. The molecule has 0 saturated heterocycles. The summed E-state index contributed by atoms with van der Waals surface area (Å²) >= 11 is 0. The van der Waals surface area contributed by atoms with E-state index in [1.165, 1.54) is 24.2 Å². The molecule has 11 heteroatoms. The zero-order valence-corrected chi connectivity index (χ0v) is 18.5. The van der Waals surface area contributed by atoms with E-state index in [0.717, 1.165) is 55.9 Å². The highest BCUT2D eigenvalue weighted by molar-refractivity contribution is 5.74. The van der Waals surface area contributed by atoms with E-state index >= 15 is 0 Å². The summed E-state index contributed by atoms with van der Waals surface area (Å²) < 4.78 is 39.6. The summed E-state index contributed by atoms with van der Waals surface area (Å²) in [6.07, 6.45) is 7.51. The van der Waals surface area contributed by atoms with Crippen molar-refractivity contribution in [3.63, 3.8) is 0 Å². The summed E-state index contributed by atoms with van der Waals surface area (Å²) in [5.41, 5.74) is 0. The molecule has 0 radical (unpaired) electrons. The minimum Gasteiger partial charge on any atom is -0.481 e. The number of unbranched alkanes of at least 4 members (excludes halogenated alkanes) is 10. The van der Waals surface area contributed by atoms with Crippen LogP contribution in [0.4, 0.5) is 18.0 Å². The number of alkyl halides is 3. The number of fused-ring (bicyclic) bond motifs is 1. The van der Waals surface area contributed by atoms with Gasteiger partial charge in [-0.05, 0) is 12.8 Å². The molecule has 0 aromatic carbocycles. The number of carbonyl (C=O) groups excluding carboxylic acids is 1. The van der Waals surface area contributed by atoms with Gasteiger partial charge in [-0.1, -0.05) is 57.8 Å². The van der Waals surface area contributed by atoms with Gasteiger partial charge < -0.3 is 19.9 Å². The van der Waals surface area contributed by atoms with Crippen molar-refractivity contribution in [1.29, 1.82) is 0 Å². The van der Waals surface area contributed by atoms with Gasteiger partial charge in [-0.25, -0.2) is 4.79 Å². The van der Waals surface area contributed by atoms with Gasteiger partial charge in [0.15, 0.2) is 5.82 Å². The predicted molar refractivity (Wildman–Crippen MR) is 112 cm³/mol. The highest BCUT2D eigenvalue weighted by Crippen LogP contribution is 2.29. The van der Waals surface area contributed by atoms with E-state index in [1.807, 2.05) is 0 Å². The van der Waals surface area contributed by atoms with E-state index in [1.54, 1.807) is 0 Å². The van der Waals surface area contributed by atoms with Gasteiger partial charge in [0.25, 0.3) is 0 Å². The lowest BCUT2D eigenvalue weighted by atomic mass is 10.1. The maximum Gasteiger partial charge on any atom is 0.451 e. The maximum absolute atomic E-state index is 12.9. The van der Waals surface area contributed by atoms with E-state index in [4.69, 9.17) is 5.11 Å². The Bertz CT molecular complexity index is 724. The molecule has 0 spiro atoms. The van der Waals surface area contributed by atoms with Crippen molar-refractivity contribution in [2.75, 3.05) is 13.1 Å². The lowest BCUT2D eigenvalue weighted by Crippen LogP contribution is -2.45. The summed E-state index contributed by atoms with van der Waals surface area (Å²) in [4.78, 5) is 24.1. The van der Waals surface area contributed by atoms with E-state index in [2.05, 4.69) is 15.5 Å². The van der Waals surface area contributed by atoms with Crippen LogP contribution in [-0.2, 0) is 24.1 Å². The number of amides is 2. The smallest absolute Gasteiger partial charge is 0.451 e. The Morgan fingerprint density at radius 3 is 2.00 bits per heavy atom. The monoisotopic (exact) mass is 461 g/mol. The van der Waals surface area contributed by atoms with Gasteiger partial charge in [0.05, 0.1) is 6.54 Å². The topological polar surface area (TPSA) is 100 Å². The predicted octanol–water partition coefficient (Wildman–Crippen LogP) is 4.59. The summed E-state index contributed by atoms with van der Waals surface area (Å²) in [6.45, 7) is 0.799. The van der Waals surface area contributed by atoms with Crippen LogP contribution >= 0.6 is 0 Å². The zero-order chi connectivity index (χ0) is 23.4. The average Bonchev–Trinajstić information content (AvgIpc) is 3.17. The third-order valence-electron chi connectivity index (χ3n) is 5.64. The van der Waals surface area contributed by atoms with Gasteiger partial charge in [0.2, 0.25) is 5.82 Å². The van der Waals surface area contributed by atoms with Gasteiger partial charge in [-0.3, -0.25) is 4.79 Å². The number of carboxylic acid groups (broad SMARTS) is 1. The van der Waals surface area contributed by atoms with Crippen LogP contribution in [0.25, 0.3) is 0 Å². The first-order chi connectivity index (χ1) is 15.3. The first-order valence-corrected chi connectivity index (χ1v) is 11.5. The molecule has 8 nitrogen and oxygen atoms in total. The first kappa shape index (κ1) is 25.9. The van der Waals surface area contributed by atoms with E-state index in [-0.39, 0.29) is 37.9 Å². The van der Waals surface area contributed by atoms with E-state index in [9.17, 15) is 22.8 Å². The van der Waals surface area contributed by atoms with Crippen molar-refractivity contribution in [3.8, 4) is 0 Å². The molecule has 1 aromatic heterocycles. The molecule has 1 aromatic rings. The Hall–Kier alpha value is -2.33. The van der Waals surface area contributed by atoms with Gasteiger partial charge in [0, 0.05) is 26.1 Å². The Labute approximate surface area is 186 Å². The SMILES string of the molecule is O=C(O)CCCCCCCCCCCCCNC(=O)N1CCn2c(nnc2C(F)(F)F)C1. The van der Waals surface area contributed by atoms with Crippen LogP contribution in [0.3, 0.4) is 0 Å². The highest BCUT2D eigenvalue weighted by Gasteiger charge is 2.39. The fourth-order valence-corrected chi connectivity index (χ4v) is 3.84. The quantitative estimate of drug-likeness (QED) is 0.395. The molecular formula is C21H34F3N5O3. The van der Waals surface area contributed by atoms with Crippen molar-refractivity contribution in [1.82, 2.24) is 25.0 Å². The fourth-order valence-electron chi connectivity index (χ4n) is 3.84. The molecule has 1 aliphatic heterocycles. The third kappa shape index (κ3) is 9.04. The number of hydrogen-bond acceptors (Lipinski definition) is 4. The van der Waals surface area contributed by atoms with Crippen molar-refractivity contribution in [2.45, 2.75) is 96.3 Å². The first-order valence-electron chi connectivity index (χ1n) is 11.5. The Morgan fingerprint density at radius 2 is 1.44 bits per heavy atom. The van der Waals surface area contributed by atoms with E-state index in [0.29, 0.717) is 6.54 Å². The van der Waals surface area contributed by atoms with Gasteiger partial charge in [-0.2, -0.15) is 13.2 Å². The molecule has 0 unspecified atom stereocenters. The molecule has 0 aliphatic carbocycles. The number of halogens is 3. The molecule has 2 rings (SSSR count). The molecule has 0 bridgehead atoms. The number of carboxylic acids is 1. The summed E-state index contributed by atoms with van der Waals surface area (Å²) in [5, 5.41) is 18.2. The third-order valence-corrected chi connectivity index (χ3v) is 5.64. The normalized spacial score (nSPS) is 13.8. The molecule has 0 saturated carbocycles. The number of hydrogen-bond donors (Lipinski definition) is 2. The van der Waals surface area contributed by atoms with E-state index < -0.39 is 18.0 Å². The Morgan fingerprint density at radius 1 is 0.875 bits per heavy atom. The van der Waals surface area contributed by atoms with Crippen molar-refractivity contribution in [3.05, 3.63) is 11.6 Å². The largest absolute Gasteiger partial charge is 0.481 e. The number of carbonyl (C=O) groups is 2. The van der Waals surface area contributed by atoms with Crippen molar-refractivity contribution in [2.24, 2.45) is 0 Å². The second-order valence-electron chi connectivity index (χ2n) is 8.28. The second kappa shape index (κ2) is 13.3. The van der Waals surface area contributed by atoms with Crippen LogP contribution in [0.15, 0.2) is 0 Å². The Kier molecular flexibility index (Phi) is 10.8. The Balaban J connectivity index is 1.45. The summed E-state index contributed by atoms with van der Waals surface area (Å²) in [6, 6.07) is -0.281.